The average molecular weight is 372 g/mol. The van der Waals surface area contributed by atoms with Crippen LogP contribution in [0.2, 0.25) is 0 Å². The molecular formula is C21H25FN2O3. The van der Waals surface area contributed by atoms with Gasteiger partial charge in [0.25, 0.3) is 0 Å². The van der Waals surface area contributed by atoms with Crippen LogP contribution in [-0.4, -0.2) is 43.3 Å². The normalized spacial score (nSPS) is 11.9. The van der Waals surface area contributed by atoms with E-state index in [0.717, 1.165) is 11.1 Å². The number of rotatable bonds is 9. The van der Waals surface area contributed by atoms with Crippen molar-refractivity contribution in [3.63, 3.8) is 0 Å². The van der Waals surface area contributed by atoms with Gasteiger partial charge in [0, 0.05) is 6.54 Å². The van der Waals surface area contributed by atoms with Crippen LogP contribution in [0.25, 0.3) is 0 Å². The summed E-state index contributed by atoms with van der Waals surface area (Å²) < 4.78 is 18.7. The van der Waals surface area contributed by atoms with E-state index in [-0.39, 0.29) is 24.0 Å². The highest BCUT2D eigenvalue weighted by atomic mass is 19.1. The molecule has 0 radical (unpaired) electrons. The number of Topliss-reactive ketones (excluding diaryl/α,β-unsaturated/α-hetero) is 1. The maximum Gasteiger partial charge on any atom is 0.234 e. The molecule has 2 aromatic rings. The first kappa shape index (κ1) is 20.6. The van der Waals surface area contributed by atoms with Crippen LogP contribution in [0.5, 0.6) is 5.75 Å². The number of ketones is 1. The van der Waals surface area contributed by atoms with Crippen molar-refractivity contribution in [2.45, 2.75) is 25.9 Å². The van der Waals surface area contributed by atoms with Crippen LogP contribution in [0.3, 0.4) is 0 Å². The number of ether oxygens (including phenoxy) is 1. The Morgan fingerprint density at radius 1 is 1.15 bits per heavy atom. The molecule has 2 aromatic carbocycles. The van der Waals surface area contributed by atoms with Gasteiger partial charge in [-0.3, -0.25) is 14.5 Å². The Labute approximate surface area is 159 Å². The van der Waals surface area contributed by atoms with Crippen LogP contribution < -0.4 is 10.1 Å². The van der Waals surface area contributed by atoms with Gasteiger partial charge in [0.05, 0.1) is 19.7 Å². The minimum atomic E-state index is -0.563. The Morgan fingerprint density at radius 2 is 1.85 bits per heavy atom. The fourth-order valence-corrected chi connectivity index (χ4v) is 2.81. The topological polar surface area (TPSA) is 58.6 Å². The molecule has 0 heterocycles. The number of likely N-dealkylation sites (N-methyl/N-ethyl adjacent to an activating group) is 1. The summed E-state index contributed by atoms with van der Waals surface area (Å²) >= 11 is 0. The van der Waals surface area contributed by atoms with Crippen molar-refractivity contribution < 1.29 is 18.7 Å². The molecule has 0 spiro atoms. The van der Waals surface area contributed by atoms with E-state index in [1.165, 1.54) is 20.1 Å². The predicted molar refractivity (Wildman–Crippen MR) is 102 cm³/mol. The lowest BCUT2D eigenvalue weighted by atomic mass is 10.0. The smallest absolute Gasteiger partial charge is 0.234 e. The average Bonchev–Trinajstić information content (AvgIpc) is 2.62. The van der Waals surface area contributed by atoms with E-state index in [2.05, 4.69) is 5.32 Å². The van der Waals surface area contributed by atoms with Gasteiger partial charge in [-0.2, -0.15) is 0 Å². The fourth-order valence-electron chi connectivity index (χ4n) is 2.81. The van der Waals surface area contributed by atoms with E-state index < -0.39 is 11.9 Å². The molecule has 0 unspecified atom stereocenters. The lowest BCUT2D eigenvalue weighted by Gasteiger charge is -2.20. The van der Waals surface area contributed by atoms with E-state index in [4.69, 9.17) is 4.74 Å². The molecule has 2 rings (SSSR count). The first-order valence-corrected chi connectivity index (χ1v) is 8.73. The number of methoxy groups -OCH3 is 1. The van der Waals surface area contributed by atoms with Crippen LogP contribution in [0.4, 0.5) is 4.39 Å². The van der Waals surface area contributed by atoms with Crippen molar-refractivity contribution >= 4 is 11.7 Å². The van der Waals surface area contributed by atoms with E-state index in [0.29, 0.717) is 13.0 Å². The van der Waals surface area contributed by atoms with Gasteiger partial charge in [0.15, 0.2) is 17.3 Å². The Kier molecular flexibility index (Phi) is 7.49. The second-order valence-corrected chi connectivity index (χ2v) is 6.56. The second kappa shape index (κ2) is 9.83. The van der Waals surface area contributed by atoms with Crippen molar-refractivity contribution in [1.82, 2.24) is 10.2 Å². The summed E-state index contributed by atoms with van der Waals surface area (Å²) in [6, 6.07) is 13.7. The van der Waals surface area contributed by atoms with Crippen LogP contribution in [0.1, 0.15) is 18.1 Å². The molecule has 0 aliphatic carbocycles. The van der Waals surface area contributed by atoms with Crippen molar-refractivity contribution in [1.29, 1.82) is 0 Å². The third kappa shape index (κ3) is 6.49. The molecule has 0 aliphatic heterocycles. The lowest BCUT2D eigenvalue weighted by Crippen LogP contribution is -2.45. The molecule has 0 aliphatic rings. The van der Waals surface area contributed by atoms with E-state index >= 15 is 0 Å². The second-order valence-electron chi connectivity index (χ2n) is 6.56. The van der Waals surface area contributed by atoms with Crippen molar-refractivity contribution in [2.24, 2.45) is 0 Å². The number of benzene rings is 2. The highest BCUT2D eigenvalue weighted by molar-refractivity contribution is 5.88. The van der Waals surface area contributed by atoms with E-state index in [1.807, 2.05) is 30.3 Å². The van der Waals surface area contributed by atoms with Crippen molar-refractivity contribution in [3.8, 4) is 5.75 Å². The molecule has 0 aromatic heterocycles. The minimum absolute atomic E-state index is 0.0907. The van der Waals surface area contributed by atoms with Crippen LogP contribution in [-0.2, 0) is 22.6 Å². The molecule has 0 saturated carbocycles. The Bertz CT molecular complexity index is 780. The molecule has 5 nitrogen and oxygen atoms in total. The molecular weight excluding hydrogens is 347 g/mol. The first-order valence-electron chi connectivity index (χ1n) is 8.73. The summed E-state index contributed by atoms with van der Waals surface area (Å²) in [5.41, 5.74) is 1.72. The predicted octanol–water partition coefficient (Wildman–Crippen LogP) is 2.58. The molecule has 0 saturated heterocycles. The summed E-state index contributed by atoms with van der Waals surface area (Å²) in [5, 5.41) is 2.79. The van der Waals surface area contributed by atoms with Gasteiger partial charge in [-0.1, -0.05) is 36.4 Å². The minimum Gasteiger partial charge on any atom is -0.494 e. The van der Waals surface area contributed by atoms with Crippen molar-refractivity contribution in [3.05, 3.63) is 65.5 Å². The molecule has 6 heteroatoms. The molecule has 1 N–H and O–H groups in total. The zero-order valence-electron chi connectivity index (χ0n) is 15.9. The lowest BCUT2D eigenvalue weighted by molar-refractivity contribution is -0.127. The molecule has 144 valence electrons. The number of amides is 1. The molecule has 27 heavy (non-hydrogen) atoms. The molecule has 1 amide bonds. The number of nitrogens with one attached hydrogen (secondary N) is 1. The monoisotopic (exact) mass is 372 g/mol. The number of carbonyl (C=O) groups is 2. The van der Waals surface area contributed by atoms with Gasteiger partial charge >= 0.3 is 0 Å². The van der Waals surface area contributed by atoms with E-state index in [1.54, 1.807) is 24.1 Å². The van der Waals surface area contributed by atoms with Crippen LogP contribution in [0, 0.1) is 5.82 Å². The number of hydrogen-bond donors (Lipinski definition) is 1. The highest BCUT2D eigenvalue weighted by Crippen LogP contribution is 2.18. The highest BCUT2D eigenvalue weighted by Gasteiger charge is 2.18. The molecule has 1 atom stereocenters. The van der Waals surface area contributed by atoms with Gasteiger partial charge in [-0.05, 0) is 43.7 Å². The van der Waals surface area contributed by atoms with Gasteiger partial charge < -0.3 is 10.1 Å². The maximum absolute atomic E-state index is 13.8. The third-order valence-corrected chi connectivity index (χ3v) is 4.19. The fraction of sp³-hybridized carbons (Fsp3) is 0.333. The number of nitrogens with zero attached hydrogens (tertiary/aromatic N) is 1. The van der Waals surface area contributed by atoms with Crippen LogP contribution in [0.15, 0.2) is 48.5 Å². The molecule has 0 fully saturated rings. The Hall–Kier alpha value is -2.73. The summed E-state index contributed by atoms with van der Waals surface area (Å²) in [6.45, 7) is 1.97. The standard InChI is InChI=1S/C21H25FN2O3/c1-15(25)19(12-16-7-5-4-6-8-16)23-21(26)14-24(2)13-17-9-10-20(27-3)18(22)11-17/h4-11,19H,12-14H2,1-3H3,(H,23,26)/t19-/m0/s1. The summed E-state index contributed by atoms with van der Waals surface area (Å²) in [7, 11) is 3.18. The summed E-state index contributed by atoms with van der Waals surface area (Å²) in [4.78, 5) is 26.0. The summed E-state index contributed by atoms with van der Waals surface area (Å²) in [6.07, 6.45) is 0.454. The van der Waals surface area contributed by atoms with Crippen LogP contribution >= 0.6 is 0 Å². The zero-order valence-corrected chi connectivity index (χ0v) is 15.9. The maximum atomic E-state index is 13.8. The zero-order chi connectivity index (χ0) is 19.8. The SMILES string of the molecule is COc1ccc(CN(C)CC(=O)N[C@@H](Cc2ccccc2)C(C)=O)cc1F. The van der Waals surface area contributed by atoms with Gasteiger partial charge in [0.2, 0.25) is 5.91 Å². The van der Waals surface area contributed by atoms with Gasteiger partial charge in [-0.15, -0.1) is 0 Å². The Morgan fingerprint density at radius 3 is 2.44 bits per heavy atom. The number of halogens is 1. The van der Waals surface area contributed by atoms with Crippen molar-refractivity contribution in [2.75, 3.05) is 20.7 Å². The third-order valence-electron chi connectivity index (χ3n) is 4.19. The van der Waals surface area contributed by atoms with Gasteiger partial charge in [0.1, 0.15) is 0 Å². The van der Waals surface area contributed by atoms with Gasteiger partial charge in [-0.25, -0.2) is 4.39 Å². The largest absolute Gasteiger partial charge is 0.494 e. The molecule has 0 bridgehead atoms. The quantitative estimate of drug-likeness (QED) is 0.735. The van der Waals surface area contributed by atoms with E-state index in [9.17, 15) is 14.0 Å². The Balaban J connectivity index is 1.90. The summed E-state index contributed by atoms with van der Waals surface area (Å²) in [5.74, 6) is -0.591. The number of hydrogen-bond acceptors (Lipinski definition) is 4. The number of carbonyl (C=O) groups excluding carboxylic acids is 2. The first-order chi connectivity index (χ1) is 12.9.